The van der Waals surface area contributed by atoms with Crippen LogP contribution in [0, 0.1) is 5.82 Å². The van der Waals surface area contributed by atoms with Gasteiger partial charge < -0.3 is 5.32 Å². The predicted molar refractivity (Wildman–Crippen MR) is 79.1 cm³/mol. The third-order valence-electron chi connectivity index (χ3n) is 3.44. The summed E-state index contributed by atoms with van der Waals surface area (Å²) < 4.78 is 79.4. The maximum Gasteiger partial charge on any atom is 0.416 e. The van der Waals surface area contributed by atoms with E-state index in [0.29, 0.717) is 19.2 Å². The highest BCUT2D eigenvalue weighted by atomic mass is 35.5. The fourth-order valence-corrected chi connectivity index (χ4v) is 2.51. The normalized spacial score (nSPS) is 17.3. The molecule has 1 aliphatic rings. The number of hydrogen-bond acceptors (Lipinski definition) is 2. The second kappa shape index (κ2) is 8.96. The molecule has 1 atom stereocenters. The van der Waals surface area contributed by atoms with Crippen molar-refractivity contribution < 1.29 is 26.3 Å². The van der Waals surface area contributed by atoms with Gasteiger partial charge in [-0.25, -0.2) is 13.2 Å². The Hall–Kier alpha value is -0.700. The lowest BCUT2D eigenvalue weighted by molar-refractivity contribution is -0.139. The van der Waals surface area contributed by atoms with E-state index in [2.05, 4.69) is 5.32 Å². The summed E-state index contributed by atoms with van der Waals surface area (Å²) in [7, 11) is 0. The molecule has 1 aliphatic heterocycles. The number of piperazine rings is 1. The van der Waals surface area contributed by atoms with Gasteiger partial charge in [-0.05, 0) is 12.1 Å². The number of halogens is 8. The molecule has 2 rings (SSSR count). The van der Waals surface area contributed by atoms with Gasteiger partial charge in [-0.15, -0.1) is 24.8 Å². The van der Waals surface area contributed by atoms with Gasteiger partial charge in [-0.2, -0.15) is 13.2 Å². The first-order valence-corrected chi connectivity index (χ1v) is 6.41. The molecule has 0 spiro atoms. The summed E-state index contributed by atoms with van der Waals surface area (Å²) in [4.78, 5) is 1.19. The first-order chi connectivity index (χ1) is 9.82. The molecule has 1 N–H and O–H groups in total. The summed E-state index contributed by atoms with van der Waals surface area (Å²) in [6, 6.07) is 0.394. The molecular weight excluding hydrogens is 369 g/mol. The van der Waals surface area contributed by atoms with Crippen LogP contribution < -0.4 is 5.32 Å². The van der Waals surface area contributed by atoms with E-state index in [1.807, 2.05) is 0 Å². The zero-order valence-electron chi connectivity index (χ0n) is 11.7. The van der Waals surface area contributed by atoms with Crippen molar-refractivity contribution in [2.45, 2.75) is 18.6 Å². The molecule has 1 heterocycles. The SMILES string of the molecule is Cl.Cl.Fc1cccc(C(F)(F)F)c1[C@@H](C(F)F)N1CCNCC1. The number of alkyl halides is 5. The molecule has 0 saturated carbocycles. The largest absolute Gasteiger partial charge is 0.416 e. The molecule has 23 heavy (non-hydrogen) atoms. The monoisotopic (exact) mass is 384 g/mol. The van der Waals surface area contributed by atoms with Gasteiger partial charge in [0.1, 0.15) is 5.82 Å². The second-order valence-corrected chi connectivity index (χ2v) is 4.76. The Bertz CT molecular complexity index is 492. The molecule has 1 saturated heterocycles. The Kier molecular flexibility index (Phi) is 8.69. The van der Waals surface area contributed by atoms with Crippen LogP contribution in [0.15, 0.2) is 18.2 Å². The molecule has 134 valence electrons. The highest BCUT2D eigenvalue weighted by Crippen LogP contribution is 2.39. The van der Waals surface area contributed by atoms with Crippen molar-refractivity contribution in [2.75, 3.05) is 26.2 Å². The Morgan fingerprint density at radius 1 is 1.04 bits per heavy atom. The fraction of sp³-hybridized carbons (Fsp3) is 0.538. The summed E-state index contributed by atoms with van der Waals surface area (Å²) in [5.41, 5.74) is -2.31. The number of hydrogen-bond donors (Lipinski definition) is 1. The van der Waals surface area contributed by atoms with Crippen molar-refractivity contribution in [3.8, 4) is 0 Å². The standard InChI is InChI=1S/C13H14F6N2.2ClH/c14-9-3-1-2-8(13(17,18)19)10(9)11(12(15)16)21-6-4-20-5-7-21;;/h1-3,11-12,20H,4-7H2;2*1H/t11-;;/m0../s1. The van der Waals surface area contributed by atoms with E-state index in [1.165, 1.54) is 4.90 Å². The zero-order chi connectivity index (χ0) is 15.6. The topological polar surface area (TPSA) is 15.3 Å². The first kappa shape index (κ1) is 22.3. The lowest BCUT2D eigenvalue weighted by Crippen LogP contribution is -2.47. The molecule has 2 nitrogen and oxygen atoms in total. The Morgan fingerprint density at radius 3 is 2.09 bits per heavy atom. The van der Waals surface area contributed by atoms with Gasteiger partial charge in [0.05, 0.1) is 11.6 Å². The van der Waals surface area contributed by atoms with Gasteiger partial charge >= 0.3 is 6.18 Å². The summed E-state index contributed by atoms with van der Waals surface area (Å²) in [5.74, 6) is -1.26. The van der Waals surface area contributed by atoms with E-state index < -0.39 is 35.6 Å². The molecule has 1 aromatic rings. The Morgan fingerprint density at radius 2 is 1.61 bits per heavy atom. The maximum atomic E-state index is 13.9. The van der Waals surface area contributed by atoms with Crippen LogP contribution in [-0.2, 0) is 6.18 Å². The van der Waals surface area contributed by atoms with Crippen LogP contribution in [0.3, 0.4) is 0 Å². The first-order valence-electron chi connectivity index (χ1n) is 6.41. The maximum absolute atomic E-state index is 13.9. The molecule has 0 bridgehead atoms. The average molecular weight is 385 g/mol. The van der Waals surface area contributed by atoms with Crippen molar-refractivity contribution in [1.82, 2.24) is 10.2 Å². The van der Waals surface area contributed by atoms with Gasteiger partial charge in [-0.3, -0.25) is 4.90 Å². The van der Waals surface area contributed by atoms with Crippen molar-refractivity contribution in [3.05, 3.63) is 35.1 Å². The van der Waals surface area contributed by atoms with E-state index >= 15 is 0 Å². The summed E-state index contributed by atoms with van der Waals surface area (Å²) >= 11 is 0. The van der Waals surface area contributed by atoms with E-state index in [0.717, 1.165) is 12.1 Å². The molecule has 0 aromatic heterocycles. The van der Waals surface area contributed by atoms with Crippen molar-refractivity contribution in [1.29, 1.82) is 0 Å². The van der Waals surface area contributed by atoms with Crippen LogP contribution >= 0.6 is 24.8 Å². The van der Waals surface area contributed by atoms with Gasteiger partial charge in [0.25, 0.3) is 6.43 Å². The summed E-state index contributed by atoms with van der Waals surface area (Å²) in [5, 5.41) is 2.92. The molecule has 0 radical (unpaired) electrons. The highest BCUT2D eigenvalue weighted by molar-refractivity contribution is 5.85. The highest BCUT2D eigenvalue weighted by Gasteiger charge is 2.41. The second-order valence-electron chi connectivity index (χ2n) is 4.76. The van der Waals surface area contributed by atoms with E-state index in [-0.39, 0.29) is 37.9 Å². The van der Waals surface area contributed by atoms with Crippen LogP contribution in [0.25, 0.3) is 0 Å². The Balaban J connectivity index is 0.00000242. The zero-order valence-corrected chi connectivity index (χ0v) is 13.4. The number of rotatable bonds is 3. The molecular formula is C13H16Cl2F6N2. The number of nitrogens with zero attached hydrogens (tertiary/aromatic N) is 1. The summed E-state index contributed by atoms with van der Waals surface area (Å²) in [6.45, 7) is 1.03. The van der Waals surface area contributed by atoms with Gasteiger partial charge in [-0.1, -0.05) is 6.07 Å². The van der Waals surface area contributed by atoms with Crippen LogP contribution in [0.2, 0.25) is 0 Å². The Labute approximate surface area is 142 Å². The van der Waals surface area contributed by atoms with Crippen LogP contribution in [-0.4, -0.2) is 37.5 Å². The molecule has 0 amide bonds. The van der Waals surface area contributed by atoms with Crippen molar-refractivity contribution in [2.24, 2.45) is 0 Å². The summed E-state index contributed by atoms with van der Waals surface area (Å²) in [6.07, 6.45) is -7.99. The molecule has 10 heteroatoms. The van der Waals surface area contributed by atoms with Crippen molar-refractivity contribution >= 4 is 24.8 Å². The minimum Gasteiger partial charge on any atom is -0.314 e. The average Bonchev–Trinajstić information content (AvgIpc) is 2.40. The van der Waals surface area contributed by atoms with Gasteiger partial charge in [0.2, 0.25) is 0 Å². The van der Waals surface area contributed by atoms with E-state index in [4.69, 9.17) is 0 Å². The van der Waals surface area contributed by atoms with Crippen LogP contribution in [0.5, 0.6) is 0 Å². The van der Waals surface area contributed by atoms with Gasteiger partial charge in [0.15, 0.2) is 0 Å². The minimum atomic E-state index is -4.88. The quantitative estimate of drug-likeness (QED) is 0.795. The number of benzene rings is 1. The van der Waals surface area contributed by atoms with Crippen LogP contribution in [0.4, 0.5) is 26.3 Å². The third-order valence-corrected chi connectivity index (χ3v) is 3.44. The fourth-order valence-electron chi connectivity index (χ4n) is 2.51. The minimum absolute atomic E-state index is 0. The van der Waals surface area contributed by atoms with E-state index in [9.17, 15) is 26.3 Å². The lowest BCUT2D eigenvalue weighted by atomic mass is 9.97. The molecule has 0 aliphatic carbocycles. The van der Waals surface area contributed by atoms with Crippen molar-refractivity contribution in [3.63, 3.8) is 0 Å². The smallest absolute Gasteiger partial charge is 0.314 e. The predicted octanol–water partition coefficient (Wildman–Crippen LogP) is 3.90. The molecule has 0 unspecified atom stereocenters. The molecule has 1 fully saturated rings. The number of nitrogens with one attached hydrogen (secondary N) is 1. The van der Waals surface area contributed by atoms with Gasteiger partial charge in [0, 0.05) is 31.7 Å². The third kappa shape index (κ3) is 5.14. The van der Waals surface area contributed by atoms with E-state index in [1.54, 1.807) is 0 Å². The lowest BCUT2D eigenvalue weighted by Gasteiger charge is -2.35. The van der Waals surface area contributed by atoms with Crippen LogP contribution in [0.1, 0.15) is 17.2 Å². The molecule has 1 aromatic carbocycles.